The van der Waals surface area contributed by atoms with Crippen molar-refractivity contribution in [2.45, 2.75) is 11.4 Å². The van der Waals surface area contributed by atoms with Gasteiger partial charge >= 0.3 is 0 Å². The van der Waals surface area contributed by atoms with Crippen LogP contribution in [0.25, 0.3) is 0 Å². The van der Waals surface area contributed by atoms with Crippen molar-refractivity contribution >= 4 is 29.2 Å². The first-order valence-corrected chi connectivity index (χ1v) is 6.54. The molecule has 0 saturated carbocycles. The van der Waals surface area contributed by atoms with Gasteiger partial charge in [-0.3, -0.25) is 0 Å². The smallest absolute Gasteiger partial charge is 0.0961 e. The van der Waals surface area contributed by atoms with E-state index in [9.17, 15) is 0 Å². The van der Waals surface area contributed by atoms with E-state index in [0.29, 0.717) is 0 Å². The van der Waals surface area contributed by atoms with Crippen LogP contribution in [0.15, 0.2) is 23.4 Å². The first kappa shape index (κ1) is 10.7. The van der Waals surface area contributed by atoms with Crippen molar-refractivity contribution in [1.29, 1.82) is 0 Å². The van der Waals surface area contributed by atoms with Crippen molar-refractivity contribution in [3.8, 4) is 0 Å². The molecule has 1 rings (SSSR count). The molecule has 0 unspecified atom stereocenters. The summed E-state index contributed by atoms with van der Waals surface area (Å²) in [7, 11) is 0. The monoisotopic (exact) mass is 214 g/mol. The predicted molar refractivity (Wildman–Crippen MR) is 62.4 cm³/mol. The van der Waals surface area contributed by atoms with Gasteiger partial charge in [-0.1, -0.05) is 0 Å². The topological polar surface area (TPSA) is 38.9 Å². The third-order valence-electron chi connectivity index (χ3n) is 1.50. The molecule has 1 heterocycles. The number of nitrogens with zero attached hydrogens (tertiary/aromatic N) is 1. The van der Waals surface area contributed by atoms with Gasteiger partial charge in [-0.25, -0.2) is 4.98 Å². The number of hydrogen-bond donors (Lipinski definition) is 1. The summed E-state index contributed by atoms with van der Waals surface area (Å²) in [6.07, 6.45) is 5.07. The fourth-order valence-electron chi connectivity index (χ4n) is 0.857. The van der Waals surface area contributed by atoms with Gasteiger partial charge < -0.3 is 5.73 Å². The fraction of sp³-hybridized carbons (Fsp3) is 0.444. The second kappa shape index (κ2) is 6.16. The number of pyridine rings is 1. The molecule has 1 aromatic rings. The van der Waals surface area contributed by atoms with Crippen LogP contribution in [0, 0.1) is 0 Å². The fourth-order valence-corrected chi connectivity index (χ4v) is 2.26. The SMILES string of the molecule is CSCCCSc1ccc(N)cn1. The number of nitrogens with two attached hydrogens (primary N) is 1. The van der Waals surface area contributed by atoms with Crippen molar-refractivity contribution in [3.63, 3.8) is 0 Å². The summed E-state index contributed by atoms with van der Waals surface area (Å²) in [4.78, 5) is 4.21. The Morgan fingerprint density at radius 3 is 2.85 bits per heavy atom. The summed E-state index contributed by atoms with van der Waals surface area (Å²) < 4.78 is 0. The molecule has 0 atom stereocenters. The molecule has 13 heavy (non-hydrogen) atoms. The molecule has 0 aliphatic rings. The Kier molecular flexibility index (Phi) is 5.08. The normalized spacial score (nSPS) is 10.2. The molecule has 4 heteroatoms. The second-order valence-corrected chi connectivity index (χ2v) is 4.73. The van der Waals surface area contributed by atoms with Gasteiger partial charge in [-0.15, -0.1) is 11.8 Å². The van der Waals surface area contributed by atoms with Crippen LogP contribution >= 0.6 is 23.5 Å². The van der Waals surface area contributed by atoms with Crippen LogP contribution in [-0.2, 0) is 0 Å². The van der Waals surface area contributed by atoms with Gasteiger partial charge in [-0.05, 0) is 30.6 Å². The molecule has 0 amide bonds. The van der Waals surface area contributed by atoms with Gasteiger partial charge in [0.05, 0.1) is 16.9 Å². The Labute approximate surface area is 87.7 Å². The Balaban J connectivity index is 2.25. The first-order valence-electron chi connectivity index (χ1n) is 4.16. The summed E-state index contributed by atoms with van der Waals surface area (Å²) in [5, 5.41) is 1.07. The Morgan fingerprint density at radius 1 is 1.38 bits per heavy atom. The van der Waals surface area contributed by atoms with Gasteiger partial charge in [0, 0.05) is 5.75 Å². The van der Waals surface area contributed by atoms with Gasteiger partial charge in [0.25, 0.3) is 0 Å². The van der Waals surface area contributed by atoms with E-state index < -0.39 is 0 Å². The van der Waals surface area contributed by atoms with Crippen LogP contribution in [0.1, 0.15) is 6.42 Å². The van der Waals surface area contributed by atoms with E-state index >= 15 is 0 Å². The third kappa shape index (κ3) is 4.43. The zero-order chi connectivity index (χ0) is 9.52. The summed E-state index contributed by atoms with van der Waals surface area (Å²) in [6.45, 7) is 0. The molecule has 0 aromatic carbocycles. The molecule has 0 radical (unpaired) electrons. The van der Waals surface area contributed by atoms with Gasteiger partial charge in [0.15, 0.2) is 0 Å². The largest absolute Gasteiger partial charge is 0.397 e. The number of rotatable bonds is 5. The number of nitrogen functional groups attached to an aromatic ring is 1. The van der Waals surface area contributed by atoms with E-state index in [-0.39, 0.29) is 0 Å². The molecule has 0 spiro atoms. The van der Waals surface area contributed by atoms with Crippen LogP contribution in [0.3, 0.4) is 0 Å². The average Bonchev–Trinajstić information content (AvgIpc) is 2.15. The maximum atomic E-state index is 5.53. The molecule has 0 saturated heterocycles. The molecular weight excluding hydrogens is 200 g/mol. The zero-order valence-corrected chi connectivity index (χ0v) is 9.33. The molecule has 0 aliphatic carbocycles. The highest BCUT2D eigenvalue weighted by Gasteiger charge is 1.94. The lowest BCUT2D eigenvalue weighted by Crippen LogP contribution is -1.88. The number of thioether (sulfide) groups is 2. The van der Waals surface area contributed by atoms with E-state index in [1.807, 2.05) is 23.9 Å². The lowest BCUT2D eigenvalue weighted by atomic mass is 10.4. The second-order valence-electron chi connectivity index (χ2n) is 2.62. The molecule has 2 nitrogen and oxygen atoms in total. The van der Waals surface area contributed by atoms with E-state index in [4.69, 9.17) is 5.73 Å². The van der Waals surface area contributed by atoms with Crippen LogP contribution < -0.4 is 5.73 Å². The Hall–Kier alpha value is -0.350. The Bertz CT molecular complexity index is 236. The van der Waals surface area contributed by atoms with Gasteiger partial charge in [-0.2, -0.15) is 11.8 Å². The molecular formula is C9H14N2S2. The lowest BCUT2D eigenvalue weighted by molar-refractivity contribution is 1.09. The molecule has 0 aliphatic heterocycles. The maximum Gasteiger partial charge on any atom is 0.0961 e. The average molecular weight is 214 g/mol. The predicted octanol–water partition coefficient (Wildman–Crippen LogP) is 2.51. The highest BCUT2D eigenvalue weighted by atomic mass is 32.2. The minimum absolute atomic E-state index is 0.730. The molecule has 0 bridgehead atoms. The molecule has 0 fully saturated rings. The zero-order valence-electron chi connectivity index (χ0n) is 7.69. The maximum absolute atomic E-state index is 5.53. The standard InChI is InChI=1S/C9H14N2S2/c1-12-5-2-6-13-9-4-3-8(10)7-11-9/h3-4,7H,2,5-6,10H2,1H3. The summed E-state index contributed by atoms with van der Waals surface area (Å²) >= 11 is 3.67. The number of aromatic nitrogens is 1. The quantitative estimate of drug-likeness (QED) is 0.604. The van der Waals surface area contributed by atoms with E-state index in [1.54, 1.807) is 18.0 Å². The Morgan fingerprint density at radius 2 is 2.23 bits per heavy atom. The molecule has 2 N–H and O–H groups in total. The van der Waals surface area contributed by atoms with E-state index in [0.717, 1.165) is 16.5 Å². The highest BCUT2D eigenvalue weighted by molar-refractivity contribution is 7.99. The van der Waals surface area contributed by atoms with Crippen LogP contribution in [-0.4, -0.2) is 22.7 Å². The highest BCUT2D eigenvalue weighted by Crippen LogP contribution is 2.17. The molecule has 1 aromatic heterocycles. The van der Waals surface area contributed by atoms with Gasteiger partial charge in [0.2, 0.25) is 0 Å². The summed E-state index contributed by atoms with van der Waals surface area (Å²) in [5.74, 6) is 2.36. The van der Waals surface area contributed by atoms with Crippen molar-refractivity contribution in [2.24, 2.45) is 0 Å². The minimum atomic E-state index is 0.730. The van der Waals surface area contributed by atoms with Gasteiger partial charge in [0.1, 0.15) is 0 Å². The van der Waals surface area contributed by atoms with Crippen molar-refractivity contribution in [2.75, 3.05) is 23.5 Å². The van der Waals surface area contributed by atoms with Crippen molar-refractivity contribution < 1.29 is 0 Å². The van der Waals surface area contributed by atoms with Crippen molar-refractivity contribution in [1.82, 2.24) is 4.98 Å². The van der Waals surface area contributed by atoms with E-state index in [1.165, 1.54) is 12.2 Å². The minimum Gasteiger partial charge on any atom is -0.397 e. The van der Waals surface area contributed by atoms with Crippen molar-refractivity contribution in [3.05, 3.63) is 18.3 Å². The van der Waals surface area contributed by atoms with Crippen LogP contribution in [0.4, 0.5) is 5.69 Å². The summed E-state index contributed by atoms with van der Waals surface area (Å²) in [5.41, 5.74) is 6.26. The van der Waals surface area contributed by atoms with E-state index in [2.05, 4.69) is 11.2 Å². The van der Waals surface area contributed by atoms with Crippen LogP contribution in [0.5, 0.6) is 0 Å². The molecule has 72 valence electrons. The summed E-state index contributed by atoms with van der Waals surface area (Å²) in [6, 6.07) is 3.86. The first-order chi connectivity index (χ1) is 6.33. The number of anilines is 1. The van der Waals surface area contributed by atoms with Crippen LogP contribution in [0.2, 0.25) is 0 Å². The number of hydrogen-bond acceptors (Lipinski definition) is 4. The lowest BCUT2D eigenvalue weighted by Gasteiger charge is -1.99. The third-order valence-corrected chi connectivity index (χ3v) is 3.23.